The van der Waals surface area contributed by atoms with Gasteiger partial charge in [0.1, 0.15) is 17.8 Å². The molecule has 1 aromatic carbocycles. The van der Waals surface area contributed by atoms with Crippen LogP contribution in [0.1, 0.15) is 24.4 Å². The lowest BCUT2D eigenvalue weighted by molar-refractivity contribution is 0.0182. The predicted molar refractivity (Wildman–Crippen MR) is 128 cm³/mol. The Kier molecular flexibility index (Phi) is 6.09. The maximum absolute atomic E-state index is 11.5. The van der Waals surface area contributed by atoms with Crippen molar-refractivity contribution in [3.63, 3.8) is 0 Å². The number of sulfonamides is 1. The zero-order valence-corrected chi connectivity index (χ0v) is 19.6. The second-order valence-electron chi connectivity index (χ2n) is 9.11. The van der Waals surface area contributed by atoms with Crippen molar-refractivity contribution in [1.82, 2.24) is 24.2 Å². The van der Waals surface area contributed by atoms with Crippen LogP contribution in [0.2, 0.25) is 0 Å². The lowest BCUT2D eigenvalue weighted by Crippen LogP contribution is -2.42. The number of rotatable bonds is 7. The Morgan fingerprint density at radius 3 is 2.76 bits per heavy atom. The average molecular weight is 471 g/mol. The van der Waals surface area contributed by atoms with Crippen molar-refractivity contribution in [2.75, 3.05) is 44.8 Å². The summed E-state index contributed by atoms with van der Waals surface area (Å²) in [5, 5.41) is 0.849. The van der Waals surface area contributed by atoms with Crippen molar-refractivity contribution >= 4 is 26.9 Å². The third-order valence-electron chi connectivity index (χ3n) is 6.64. The minimum absolute atomic E-state index is 0.239. The average Bonchev–Trinajstić information content (AvgIpc) is 3.16. The zero-order valence-electron chi connectivity index (χ0n) is 18.8. The van der Waals surface area contributed by atoms with Gasteiger partial charge >= 0.3 is 0 Å². The molecule has 0 amide bonds. The Hall–Kier alpha value is -2.53. The predicted octanol–water partition coefficient (Wildman–Crippen LogP) is 2.01. The Labute approximate surface area is 194 Å². The summed E-state index contributed by atoms with van der Waals surface area (Å²) >= 11 is 0. The van der Waals surface area contributed by atoms with E-state index in [9.17, 15) is 8.42 Å². The summed E-state index contributed by atoms with van der Waals surface area (Å²) in [5.41, 5.74) is 9.97. The molecule has 1 saturated heterocycles. The summed E-state index contributed by atoms with van der Waals surface area (Å²) in [4.78, 5) is 11.3. The third-order valence-corrected chi connectivity index (χ3v) is 7.31. The second-order valence-corrected chi connectivity index (χ2v) is 10.9. The summed E-state index contributed by atoms with van der Waals surface area (Å²) in [6, 6.07) is 8.22. The van der Waals surface area contributed by atoms with E-state index >= 15 is 0 Å². The number of fused-ring (bicyclic) bond motifs is 1. The van der Waals surface area contributed by atoms with Crippen molar-refractivity contribution in [1.29, 1.82) is 0 Å². The van der Waals surface area contributed by atoms with Crippen LogP contribution in [0.15, 0.2) is 36.8 Å². The van der Waals surface area contributed by atoms with Crippen molar-refractivity contribution in [3.8, 4) is 11.1 Å². The highest BCUT2D eigenvalue weighted by Crippen LogP contribution is 2.43. The monoisotopic (exact) mass is 470 g/mol. The molecule has 0 bridgehead atoms. The van der Waals surface area contributed by atoms with Gasteiger partial charge in [-0.3, -0.25) is 4.90 Å². The molecule has 10 heteroatoms. The molecule has 0 radical (unpaired) electrons. The number of aromatic nitrogens is 3. The van der Waals surface area contributed by atoms with Gasteiger partial charge in [-0.2, -0.15) is 0 Å². The molecule has 0 atom stereocenters. The van der Waals surface area contributed by atoms with Crippen LogP contribution in [-0.2, 0) is 21.3 Å². The van der Waals surface area contributed by atoms with Crippen molar-refractivity contribution in [2.45, 2.75) is 25.4 Å². The first-order chi connectivity index (χ1) is 15.9. The van der Waals surface area contributed by atoms with E-state index in [1.54, 1.807) is 0 Å². The standard InChI is InChI=1S/C23H30N6O3S/c1-33(30,31)27-12-16-3-2-4-18(9-16)20-14-29(23-21(20)22(24)25-15-26-23)19-10-17(11-19)13-28-5-7-32-8-6-28/h2-4,9,14-15,17,19,27H,5-8,10-13H2,1H3,(H2,24,25,26)/t17-,19+. The first-order valence-corrected chi connectivity index (χ1v) is 13.2. The number of nitrogens with one attached hydrogen (secondary N) is 1. The first kappa shape index (κ1) is 22.3. The molecule has 1 saturated carbocycles. The molecule has 33 heavy (non-hydrogen) atoms. The number of nitrogens with zero attached hydrogens (tertiary/aromatic N) is 4. The van der Waals surface area contributed by atoms with E-state index in [-0.39, 0.29) is 6.54 Å². The van der Waals surface area contributed by atoms with E-state index in [0.717, 1.165) is 79.7 Å². The van der Waals surface area contributed by atoms with Gasteiger partial charge in [-0.05, 0) is 36.0 Å². The fourth-order valence-electron chi connectivity index (χ4n) is 4.89. The molecule has 1 aliphatic carbocycles. The number of hydrogen-bond acceptors (Lipinski definition) is 7. The molecule has 176 valence electrons. The van der Waals surface area contributed by atoms with Gasteiger partial charge in [0.25, 0.3) is 0 Å². The minimum atomic E-state index is -3.26. The fraction of sp³-hybridized carbons (Fsp3) is 0.478. The first-order valence-electron chi connectivity index (χ1n) is 11.3. The van der Waals surface area contributed by atoms with E-state index in [1.807, 2.05) is 24.3 Å². The number of hydrogen-bond donors (Lipinski definition) is 2. The van der Waals surface area contributed by atoms with Crippen LogP contribution in [-0.4, -0.2) is 67.0 Å². The maximum Gasteiger partial charge on any atom is 0.209 e. The SMILES string of the molecule is CS(=O)(=O)NCc1cccc(-c2cn([C@H]3C[C@@H](CN4CCOCC4)C3)c3ncnc(N)c23)c1. The number of nitrogens with two attached hydrogens (primary N) is 1. The largest absolute Gasteiger partial charge is 0.383 e. The molecule has 3 aromatic rings. The number of benzene rings is 1. The van der Waals surface area contributed by atoms with Gasteiger partial charge in [0.15, 0.2) is 0 Å². The molecule has 0 spiro atoms. The van der Waals surface area contributed by atoms with Gasteiger partial charge in [0, 0.05) is 44.0 Å². The van der Waals surface area contributed by atoms with Crippen LogP contribution >= 0.6 is 0 Å². The Balaban J connectivity index is 1.40. The zero-order chi connectivity index (χ0) is 23.0. The Morgan fingerprint density at radius 1 is 1.21 bits per heavy atom. The molecule has 5 rings (SSSR count). The Bertz CT molecular complexity index is 1250. The van der Waals surface area contributed by atoms with Crippen molar-refractivity contribution in [2.24, 2.45) is 5.92 Å². The molecular formula is C23H30N6O3S. The molecule has 3 heterocycles. The molecule has 2 aromatic heterocycles. The van der Waals surface area contributed by atoms with E-state index in [0.29, 0.717) is 17.8 Å². The van der Waals surface area contributed by atoms with Crippen LogP contribution < -0.4 is 10.5 Å². The summed E-state index contributed by atoms with van der Waals surface area (Å²) in [6.07, 6.45) is 7.04. The van der Waals surface area contributed by atoms with Crippen LogP contribution in [0.5, 0.6) is 0 Å². The molecule has 0 unspecified atom stereocenters. The second kappa shape index (κ2) is 9.02. The fourth-order valence-corrected chi connectivity index (χ4v) is 5.32. The molecule has 9 nitrogen and oxygen atoms in total. The number of nitrogen functional groups attached to an aromatic ring is 1. The van der Waals surface area contributed by atoms with Gasteiger partial charge in [-0.15, -0.1) is 0 Å². The lowest BCUT2D eigenvalue weighted by Gasteiger charge is -2.40. The molecule has 2 fully saturated rings. The Morgan fingerprint density at radius 2 is 2.00 bits per heavy atom. The summed E-state index contributed by atoms with van der Waals surface area (Å²) in [5.74, 6) is 1.14. The van der Waals surface area contributed by atoms with Crippen LogP contribution in [0.4, 0.5) is 5.82 Å². The lowest BCUT2D eigenvalue weighted by atomic mass is 9.79. The smallest absolute Gasteiger partial charge is 0.209 e. The summed E-state index contributed by atoms with van der Waals surface area (Å²) < 4.78 is 33.2. The molecular weight excluding hydrogens is 440 g/mol. The van der Waals surface area contributed by atoms with Gasteiger partial charge in [-0.1, -0.05) is 18.2 Å². The highest BCUT2D eigenvalue weighted by atomic mass is 32.2. The maximum atomic E-state index is 11.5. The van der Waals surface area contributed by atoms with Gasteiger partial charge in [0.05, 0.1) is 24.9 Å². The number of ether oxygens (including phenoxy) is 1. The molecule has 2 aliphatic rings. The normalized spacial score (nSPS) is 21.8. The van der Waals surface area contributed by atoms with Crippen LogP contribution in [0.3, 0.4) is 0 Å². The highest BCUT2D eigenvalue weighted by molar-refractivity contribution is 7.88. The van der Waals surface area contributed by atoms with Crippen LogP contribution in [0.25, 0.3) is 22.2 Å². The van der Waals surface area contributed by atoms with Gasteiger partial charge < -0.3 is 15.0 Å². The minimum Gasteiger partial charge on any atom is -0.383 e. The molecule has 3 N–H and O–H groups in total. The highest BCUT2D eigenvalue weighted by Gasteiger charge is 2.33. The van der Waals surface area contributed by atoms with E-state index in [1.165, 1.54) is 6.33 Å². The summed E-state index contributed by atoms with van der Waals surface area (Å²) in [7, 11) is -3.26. The van der Waals surface area contributed by atoms with E-state index < -0.39 is 10.0 Å². The topological polar surface area (TPSA) is 115 Å². The van der Waals surface area contributed by atoms with Crippen LogP contribution in [0, 0.1) is 5.92 Å². The van der Waals surface area contributed by atoms with Gasteiger partial charge in [-0.25, -0.2) is 23.1 Å². The van der Waals surface area contributed by atoms with Gasteiger partial charge in [0.2, 0.25) is 10.0 Å². The molecule has 1 aliphatic heterocycles. The summed E-state index contributed by atoms with van der Waals surface area (Å²) in [6.45, 7) is 5.06. The van der Waals surface area contributed by atoms with Crippen molar-refractivity contribution < 1.29 is 13.2 Å². The van der Waals surface area contributed by atoms with Crippen molar-refractivity contribution in [3.05, 3.63) is 42.4 Å². The number of anilines is 1. The van der Waals surface area contributed by atoms with E-state index in [2.05, 4.69) is 30.4 Å². The third kappa shape index (κ3) is 4.89. The quantitative estimate of drug-likeness (QED) is 0.543. The number of morpholine rings is 1. The van der Waals surface area contributed by atoms with E-state index in [4.69, 9.17) is 10.5 Å².